The van der Waals surface area contributed by atoms with Gasteiger partial charge in [-0.25, -0.2) is 4.98 Å². The van der Waals surface area contributed by atoms with Crippen LogP contribution in [0.2, 0.25) is 5.02 Å². The number of aromatic amines is 1. The van der Waals surface area contributed by atoms with Crippen molar-refractivity contribution in [3.63, 3.8) is 0 Å². The summed E-state index contributed by atoms with van der Waals surface area (Å²) in [5.41, 5.74) is 3.54. The Labute approximate surface area is 163 Å². The molecule has 1 N–H and O–H groups in total. The number of aromatic nitrogens is 6. The van der Waals surface area contributed by atoms with E-state index in [0.29, 0.717) is 32.7 Å². The van der Waals surface area contributed by atoms with Crippen molar-refractivity contribution in [3.8, 4) is 5.69 Å². The smallest absolute Gasteiger partial charge is 0.258 e. The number of benzene rings is 2. The maximum atomic E-state index is 12.2. The van der Waals surface area contributed by atoms with Gasteiger partial charge in [-0.2, -0.15) is 4.68 Å². The number of hydrogen-bond acceptors (Lipinski definition) is 6. The van der Waals surface area contributed by atoms with Gasteiger partial charge in [-0.15, -0.1) is 5.10 Å². The molecule has 0 radical (unpaired) electrons. The summed E-state index contributed by atoms with van der Waals surface area (Å²) in [6.07, 6.45) is 0. The van der Waals surface area contributed by atoms with E-state index in [0.717, 1.165) is 11.3 Å². The van der Waals surface area contributed by atoms with Crippen LogP contribution in [0.3, 0.4) is 0 Å². The summed E-state index contributed by atoms with van der Waals surface area (Å²) in [5, 5.41) is 13.6. The summed E-state index contributed by atoms with van der Waals surface area (Å²) in [5.74, 6) is 0.957. The number of tetrazole rings is 1. The van der Waals surface area contributed by atoms with Crippen molar-refractivity contribution in [1.29, 1.82) is 0 Å². The fourth-order valence-electron chi connectivity index (χ4n) is 2.83. The minimum absolute atomic E-state index is 0.193. The van der Waals surface area contributed by atoms with Gasteiger partial charge in [-0.1, -0.05) is 41.1 Å². The minimum Gasteiger partial charge on any atom is -0.309 e. The number of fused-ring (bicyclic) bond motifs is 1. The zero-order valence-electron chi connectivity index (χ0n) is 14.6. The molecule has 0 atom stereocenters. The number of hydrogen-bond donors (Lipinski definition) is 1. The van der Waals surface area contributed by atoms with Gasteiger partial charge >= 0.3 is 0 Å². The van der Waals surface area contributed by atoms with Crippen LogP contribution in [0.4, 0.5) is 0 Å². The normalized spacial score (nSPS) is 11.2. The molecule has 0 aliphatic carbocycles. The van der Waals surface area contributed by atoms with Crippen molar-refractivity contribution in [1.82, 2.24) is 30.2 Å². The highest BCUT2D eigenvalue weighted by Gasteiger charge is 2.13. The molecule has 2 aromatic carbocycles. The number of H-pyrrole nitrogens is 1. The van der Waals surface area contributed by atoms with Crippen molar-refractivity contribution < 1.29 is 0 Å². The van der Waals surface area contributed by atoms with Crippen LogP contribution in [-0.2, 0) is 5.75 Å². The molecule has 9 heteroatoms. The Morgan fingerprint density at radius 2 is 2.04 bits per heavy atom. The molecule has 0 fully saturated rings. The first-order valence-corrected chi connectivity index (χ1v) is 9.55. The second-order valence-electron chi connectivity index (χ2n) is 6.13. The standard InChI is InChI=1S/C18H15ClN6OS/c1-10-3-6-15(11(2)7-10)25-18(22-23-24-25)27-9-16-20-14-8-12(19)4-5-13(14)17(26)21-16/h3-8H,9H2,1-2H3,(H,20,21,26). The van der Waals surface area contributed by atoms with Gasteiger partial charge in [0, 0.05) is 5.02 Å². The number of aryl methyl sites for hydroxylation is 2. The van der Waals surface area contributed by atoms with Gasteiger partial charge in [0.1, 0.15) is 5.82 Å². The number of nitrogens with one attached hydrogen (secondary N) is 1. The van der Waals surface area contributed by atoms with Crippen LogP contribution >= 0.6 is 23.4 Å². The lowest BCUT2D eigenvalue weighted by molar-refractivity contribution is 0.751. The zero-order chi connectivity index (χ0) is 19.0. The van der Waals surface area contributed by atoms with Gasteiger partial charge in [0.05, 0.1) is 22.3 Å². The Balaban J connectivity index is 1.63. The molecule has 136 valence electrons. The molecule has 0 bridgehead atoms. The summed E-state index contributed by atoms with van der Waals surface area (Å²) in [7, 11) is 0. The van der Waals surface area contributed by atoms with Crippen LogP contribution in [0.15, 0.2) is 46.3 Å². The van der Waals surface area contributed by atoms with E-state index in [9.17, 15) is 4.79 Å². The molecular weight excluding hydrogens is 384 g/mol. The van der Waals surface area contributed by atoms with Gasteiger partial charge in [-0.3, -0.25) is 4.79 Å². The van der Waals surface area contributed by atoms with Crippen LogP contribution in [0, 0.1) is 13.8 Å². The van der Waals surface area contributed by atoms with Crippen molar-refractivity contribution >= 4 is 34.3 Å². The summed E-state index contributed by atoms with van der Waals surface area (Å²) in [4.78, 5) is 19.5. The van der Waals surface area contributed by atoms with Crippen molar-refractivity contribution in [2.45, 2.75) is 24.8 Å². The molecule has 0 aliphatic rings. The Morgan fingerprint density at radius 3 is 2.85 bits per heavy atom. The van der Waals surface area contributed by atoms with Crippen molar-refractivity contribution in [2.75, 3.05) is 0 Å². The average molecular weight is 399 g/mol. The third kappa shape index (κ3) is 3.58. The Morgan fingerprint density at radius 1 is 1.19 bits per heavy atom. The molecule has 0 aliphatic heterocycles. The van der Waals surface area contributed by atoms with E-state index in [1.165, 1.54) is 17.3 Å². The Hall–Kier alpha value is -2.71. The van der Waals surface area contributed by atoms with E-state index < -0.39 is 0 Å². The third-order valence-electron chi connectivity index (χ3n) is 4.08. The van der Waals surface area contributed by atoms with Gasteiger partial charge in [-0.05, 0) is 54.1 Å². The number of thioether (sulfide) groups is 1. The molecule has 27 heavy (non-hydrogen) atoms. The molecule has 2 aromatic heterocycles. The van der Waals surface area contributed by atoms with Crippen LogP contribution in [0.1, 0.15) is 17.0 Å². The van der Waals surface area contributed by atoms with E-state index in [-0.39, 0.29) is 5.56 Å². The Kier molecular flexibility index (Phi) is 4.67. The molecule has 0 saturated heterocycles. The fourth-order valence-corrected chi connectivity index (χ4v) is 3.75. The summed E-state index contributed by atoms with van der Waals surface area (Å²) in [6, 6.07) is 11.1. The topological polar surface area (TPSA) is 89.3 Å². The van der Waals surface area contributed by atoms with E-state index in [1.54, 1.807) is 22.9 Å². The van der Waals surface area contributed by atoms with Gasteiger partial charge in [0.15, 0.2) is 0 Å². The Bertz CT molecular complexity index is 1200. The summed E-state index contributed by atoms with van der Waals surface area (Å²) < 4.78 is 1.69. The lowest BCUT2D eigenvalue weighted by Gasteiger charge is -2.08. The molecule has 4 rings (SSSR count). The minimum atomic E-state index is -0.193. The third-order valence-corrected chi connectivity index (χ3v) is 5.24. The lowest BCUT2D eigenvalue weighted by atomic mass is 10.1. The van der Waals surface area contributed by atoms with Crippen LogP contribution in [0.5, 0.6) is 0 Å². The predicted molar refractivity (Wildman–Crippen MR) is 106 cm³/mol. The molecule has 0 amide bonds. The highest BCUT2D eigenvalue weighted by molar-refractivity contribution is 7.98. The van der Waals surface area contributed by atoms with Gasteiger partial charge in [0.25, 0.3) is 5.56 Å². The van der Waals surface area contributed by atoms with Crippen LogP contribution in [-0.4, -0.2) is 30.2 Å². The molecular formula is C18H15ClN6OS. The second kappa shape index (κ2) is 7.13. The van der Waals surface area contributed by atoms with Crippen molar-refractivity contribution in [3.05, 3.63) is 68.7 Å². The monoisotopic (exact) mass is 398 g/mol. The van der Waals surface area contributed by atoms with Gasteiger partial charge in [0.2, 0.25) is 5.16 Å². The predicted octanol–water partition coefficient (Wildman–Crippen LogP) is 3.46. The zero-order valence-corrected chi connectivity index (χ0v) is 16.2. The SMILES string of the molecule is Cc1ccc(-n2nnnc2SCc2nc3cc(Cl)ccc3c(=O)[nH]2)c(C)c1. The highest BCUT2D eigenvalue weighted by Crippen LogP contribution is 2.24. The number of nitrogens with zero attached hydrogens (tertiary/aromatic N) is 5. The largest absolute Gasteiger partial charge is 0.309 e. The summed E-state index contributed by atoms with van der Waals surface area (Å²) in [6.45, 7) is 4.06. The van der Waals surface area contributed by atoms with E-state index in [2.05, 4.69) is 31.6 Å². The van der Waals surface area contributed by atoms with E-state index >= 15 is 0 Å². The molecule has 0 unspecified atom stereocenters. The summed E-state index contributed by atoms with van der Waals surface area (Å²) >= 11 is 7.41. The molecule has 7 nitrogen and oxygen atoms in total. The first-order valence-electron chi connectivity index (χ1n) is 8.18. The molecule has 0 saturated carbocycles. The molecule has 4 aromatic rings. The maximum Gasteiger partial charge on any atom is 0.258 e. The van der Waals surface area contributed by atoms with Crippen molar-refractivity contribution in [2.24, 2.45) is 0 Å². The second-order valence-corrected chi connectivity index (χ2v) is 7.50. The van der Waals surface area contributed by atoms with E-state index in [4.69, 9.17) is 11.6 Å². The molecule has 2 heterocycles. The number of rotatable bonds is 4. The average Bonchev–Trinajstić information content (AvgIpc) is 3.08. The van der Waals surface area contributed by atoms with Crippen LogP contribution in [0.25, 0.3) is 16.6 Å². The van der Waals surface area contributed by atoms with E-state index in [1.807, 2.05) is 26.0 Å². The first kappa shape index (κ1) is 17.7. The number of halogens is 1. The first-order chi connectivity index (χ1) is 13.0. The van der Waals surface area contributed by atoms with Gasteiger partial charge < -0.3 is 4.98 Å². The fraction of sp³-hybridized carbons (Fsp3) is 0.167. The highest BCUT2D eigenvalue weighted by atomic mass is 35.5. The maximum absolute atomic E-state index is 12.2. The lowest BCUT2D eigenvalue weighted by Crippen LogP contribution is -2.11. The molecule has 0 spiro atoms. The quantitative estimate of drug-likeness (QED) is 0.529. The van der Waals surface area contributed by atoms with Crippen LogP contribution < -0.4 is 5.56 Å².